The van der Waals surface area contributed by atoms with E-state index in [1.165, 1.54) is 6.07 Å². The predicted molar refractivity (Wildman–Crippen MR) is 137 cm³/mol. The lowest BCUT2D eigenvalue weighted by molar-refractivity contribution is 0.398. The first-order valence-electron chi connectivity index (χ1n) is 12.0. The molecule has 0 aliphatic heterocycles. The molecule has 0 bridgehead atoms. The van der Waals surface area contributed by atoms with Crippen molar-refractivity contribution in [3.05, 3.63) is 130 Å². The van der Waals surface area contributed by atoms with Gasteiger partial charge < -0.3 is 9.52 Å². The van der Waals surface area contributed by atoms with Gasteiger partial charge in [-0.3, -0.25) is 4.98 Å². The molecular formula is C29H27NO5S. The quantitative estimate of drug-likeness (QED) is 0.339. The summed E-state index contributed by atoms with van der Waals surface area (Å²) in [5, 5.41) is 9.92. The van der Waals surface area contributed by atoms with Gasteiger partial charge in [-0.1, -0.05) is 66.7 Å². The van der Waals surface area contributed by atoms with Crippen LogP contribution in [0.5, 0.6) is 5.75 Å². The van der Waals surface area contributed by atoms with E-state index in [2.05, 4.69) is 4.98 Å². The molecule has 0 spiro atoms. The van der Waals surface area contributed by atoms with E-state index >= 15 is 0 Å². The van der Waals surface area contributed by atoms with Gasteiger partial charge in [-0.05, 0) is 48.4 Å². The molecule has 1 aliphatic rings. The first-order chi connectivity index (χ1) is 17.4. The van der Waals surface area contributed by atoms with Gasteiger partial charge in [0.15, 0.2) is 9.84 Å². The van der Waals surface area contributed by atoms with Crippen LogP contribution >= 0.6 is 0 Å². The van der Waals surface area contributed by atoms with Crippen LogP contribution in [0.15, 0.2) is 100 Å². The van der Waals surface area contributed by atoms with E-state index in [9.17, 15) is 18.3 Å². The largest absolute Gasteiger partial charge is 0.507 e. The second-order valence-corrected chi connectivity index (χ2v) is 11.5. The van der Waals surface area contributed by atoms with Gasteiger partial charge in [-0.15, -0.1) is 0 Å². The van der Waals surface area contributed by atoms with Crippen LogP contribution in [0, 0.1) is 5.92 Å². The zero-order chi connectivity index (χ0) is 25.1. The SMILES string of the molecule is O=c1oc(C(Cc2ccccc2)S(=O)(=O)Cc2ccccn2)cc(O)c1C(c1ccccc1)C1CC1. The molecule has 4 aromatic rings. The summed E-state index contributed by atoms with van der Waals surface area (Å²) in [6.45, 7) is 0. The molecule has 0 amide bonds. The fourth-order valence-corrected chi connectivity index (χ4v) is 6.44. The molecule has 6 nitrogen and oxygen atoms in total. The second kappa shape index (κ2) is 10.1. The molecule has 1 saturated carbocycles. The average molecular weight is 502 g/mol. The number of aromatic hydroxyl groups is 1. The van der Waals surface area contributed by atoms with Gasteiger partial charge >= 0.3 is 5.63 Å². The lowest BCUT2D eigenvalue weighted by Crippen LogP contribution is -2.22. The lowest BCUT2D eigenvalue weighted by atomic mass is 9.87. The highest BCUT2D eigenvalue weighted by atomic mass is 32.2. The summed E-state index contributed by atoms with van der Waals surface area (Å²) in [6.07, 6.45) is 3.55. The molecule has 1 aliphatic carbocycles. The van der Waals surface area contributed by atoms with Crippen molar-refractivity contribution in [3.8, 4) is 5.75 Å². The van der Waals surface area contributed by atoms with Gasteiger partial charge in [0, 0.05) is 18.2 Å². The van der Waals surface area contributed by atoms with Gasteiger partial charge in [0.2, 0.25) is 0 Å². The fraction of sp³-hybridized carbons (Fsp3) is 0.241. The minimum absolute atomic E-state index is 0.0661. The van der Waals surface area contributed by atoms with E-state index in [1.807, 2.05) is 60.7 Å². The molecule has 2 unspecified atom stereocenters. The third kappa shape index (κ3) is 5.26. The molecule has 2 aromatic heterocycles. The van der Waals surface area contributed by atoms with Gasteiger partial charge in [-0.2, -0.15) is 0 Å². The first kappa shape index (κ1) is 24.0. The van der Waals surface area contributed by atoms with Crippen LogP contribution in [-0.2, 0) is 22.0 Å². The Balaban J connectivity index is 1.57. The Bertz CT molecular complexity index is 1480. The van der Waals surface area contributed by atoms with E-state index in [1.54, 1.807) is 24.4 Å². The number of nitrogens with zero attached hydrogens (tertiary/aromatic N) is 1. The maximum atomic E-state index is 13.6. The maximum Gasteiger partial charge on any atom is 0.343 e. The fourth-order valence-electron chi connectivity index (χ4n) is 4.74. The molecule has 7 heteroatoms. The van der Waals surface area contributed by atoms with Crippen molar-refractivity contribution in [1.29, 1.82) is 0 Å². The standard InChI is InChI=1S/C29H27NO5S/c31-24-18-25(35-29(32)28(24)27(22-14-15-22)21-11-5-2-6-12-21)26(17-20-9-3-1-4-10-20)36(33,34)19-23-13-7-8-16-30-23/h1-13,16,18,22,26-27,31H,14-15,17,19H2. The normalized spacial score (nSPS) is 15.3. The summed E-state index contributed by atoms with van der Waals surface area (Å²) in [5.41, 5.74) is 1.60. The molecule has 1 N–H and O–H groups in total. The Morgan fingerprint density at radius 2 is 1.61 bits per heavy atom. The van der Waals surface area contributed by atoms with Crippen molar-refractivity contribution in [2.24, 2.45) is 5.92 Å². The van der Waals surface area contributed by atoms with E-state index in [0.29, 0.717) is 5.69 Å². The second-order valence-electron chi connectivity index (χ2n) is 9.27. The highest BCUT2D eigenvalue weighted by Gasteiger charge is 2.38. The van der Waals surface area contributed by atoms with Crippen molar-refractivity contribution in [2.75, 3.05) is 0 Å². The van der Waals surface area contributed by atoms with Gasteiger partial charge in [0.05, 0.1) is 17.0 Å². The summed E-state index contributed by atoms with van der Waals surface area (Å²) in [6, 6.07) is 25.1. The topological polar surface area (TPSA) is 97.5 Å². The Morgan fingerprint density at radius 3 is 2.22 bits per heavy atom. The van der Waals surface area contributed by atoms with Crippen LogP contribution < -0.4 is 5.63 Å². The van der Waals surface area contributed by atoms with Gasteiger partial charge in [0.1, 0.15) is 16.8 Å². The highest BCUT2D eigenvalue weighted by molar-refractivity contribution is 7.90. The molecule has 184 valence electrons. The van der Waals surface area contributed by atoms with Crippen molar-refractivity contribution < 1.29 is 17.9 Å². The predicted octanol–water partition coefficient (Wildman–Crippen LogP) is 5.18. The van der Waals surface area contributed by atoms with E-state index in [0.717, 1.165) is 24.0 Å². The molecule has 2 atom stereocenters. The number of hydrogen-bond donors (Lipinski definition) is 1. The Kier molecular flexibility index (Phi) is 6.74. The summed E-state index contributed by atoms with van der Waals surface area (Å²) < 4.78 is 32.9. The summed E-state index contributed by atoms with van der Waals surface area (Å²) in [7, 11) is -3.86. The van der Waals surface area contributed by atoms with Crippen molar-refractivity contribution >= 4 is 9.84 Å². The minimum atomic E-state index is -3.86. The van der Waals surface area contributed by atoms with Gasteiger partial charge in [0.25, 0.3) is 0 Å². The summed E-state index contributed by atoms with van der Waals surface area (Å²) in [4.78, 5) is 17.5. The highest BCUT2D eigenvalue weighted by Crippen LogP contribution is 2.48. The minimum Gasteiger partial charge on any atom is -0.507 e. The molecular weight excluding hydrogens is 474 g/mol. The number of aromatic nitrogens is 1. The van der Waals surface area contributed by atoms with Crippen LogP contribution in [-0.4, -0.2) is 18.5 Å². The molecule has 2 heterocycles. The Morgan fingerprint density at radius 1 is 0.944 bits per heavy atom. The van der Waals surface area contributed by atoms with E-state index in [-0.39, 0.29) is 41.1 Å². The Hall–Kier alpha value is -3.71. The molecule has 36 heavy (non-hydrogen) atoms. The van der Waals surface area contributed by atoms with Gasteiger partial charge in [-0.25, -0.2) is 13.2 Å². The number of benzene rings is 2. The van der Waals surface area contributed by atoms with Crippen molar-refractivity contribution in [3.63, 3.8) is 0 Å². The van der Waals surface area contributed by atoms with Crippen LogP contribution in [0.1, 0.15) is 52.2 Å². The smallest absolute Gasteiger partial charge is 0.343 e. The van der Waals surface area contributed by atoms with Crippen LogP contribution in [0.3, 0.4) is 0 Å². The van der Waals surface area contributed by atoms with Crippen molar-refractivity contribution in [1.82, 2.24) is 4.98 Å². The number of rotatable bonds is 9. The third-order valence-corrected chi connectivity index (χ3v) is 8.60. The summed E-state index contributed by atoms with van der Waals surface area (Å²) in [5.74, 6) is -0.669. The first-order valence-corrected chi connectivity index (χ1v) is 13.7. The number of sulfone groups is 1. The van der Waals surface area contributed by atoms with Crippen molar-refractivity contribution in [2.45, 2.75) is 36.2 Å². The third-order valence-electron chi connectivity index (χ3n) is 6.64. The zero-order valence-electron chi connectivity index (χ0n) is 19.7. The van der Waals surface area contributed by atoms with Crippen LogP contribution in [0.2, 0.25) is 0 Å². The zero-order valence-corrected chi connectivity index (χ0v) is 20.5. The average Bonchev–Trinajstić information content (AvgIpc) is 3.71. The molecule has 0 saturated heterocycles. The summed E-state index contributed by atoms with van der Waals surface area (Å²) >= 11 is 0. The monoisotopic (exact) mass is 501 g/mol. The molecule has 1 fully saturated rings. The Labute approximate surface area is 210 Å². The van der Waals surface area contributed by atoms with E-state index in [4.69, 9.17) is 4.42 Å². The molecule has 2 aromatic carbocycles. The lowest BCUT2D eigenvalue weighted by Gasteiger charge is -2.20. The molecule has 0 radical (unpaired) electrons. The van der Waals surface area contributed by atoms with Crippen LogP contribution in [0.25, 0.3) is 0 Å². The maximum absolute atomic E-state index is 13.6. The molecule has 5 rings (SSSR count). The van der Waals surface area contributed by atoms with Crippen LogP contribution in [0.4, 0.5) is 0 Å². The number of pyridine rings is 1. The van der Waals surface area contributed by atoms with E-state index < -0.39 is 20.7 Å². The number of hydrogen-bond acceptors (Lipinski definition) is 6.